The second-order valence-electron chi connectivity index (χ2n) is 1.53. The third-order valence-electron chi connectivity index (χ3n) is 0.942. The number of aliphatic carboxylic acids is 1. The van der Waals surface area contributed by atoms with Crippen molar-refractivity contribution in [3.63, 3.8) is 0 Å². The molecule has 0 aromatic heterocycles. The maximum Gasteiger partial charge on any atom is 0.343 e. The number of carbonyl (C=O) groups is 1. The Balaban J connectivity index is 2.35. The minimum absolute atomic E-state index is 0.213. The van der Waals surface area contributed by atoms with Crippen LogP contribution in [-0.2, 0) is 4.79 Å². The van der Waals surface area contributed by atoms with Gasteiger partial charge in [0.25, 0.3) is 0 Å². The first-order valence-corrected chi connectivity index (χ1v) is 2.38. The number of carboxylic acid groups (broad SMARTS) is 1. The highest BCUT2D eigenvalue weighted by molar-refractivity contribution is 5.81. The van der Waals surface area contributed by atoms with E-state index in [4.69, 9.17) is 5.11 Å². The van der Waals surface area contributed by atoms with E-state index < -0.39 is 5.97 Å². The Bertz CT molecular complexity index is 98.2. The average molecular weight is 115 g/mol. The first-order chi connectivity index (χ1) is 3.80. The van der Waals surface area contributed by atoms with Crippen LogP contribution in [0.3, 0.4) is 0 Å². The van der Waals surface area contributed by atoms with Gasteiger partial charge in [-0.25, -0.2) is 4.79 Å². The zero-order valence-corrected chi connectivity index (χ0v) is 4.27. The van der Waals surface area contributed by atoms with Crippen molar-refractivity contribution in [3.8, 4) is 0 Å². The van der Waals surface area contributed by atoms with Crippen molar-refractivity contribution in [1.82, 2.24) is 10.6 Å². The molecule has 1 rings (SSSR count). The van der Waals surface area contributed by atoms with Crippen LogP contribution in [-0.4, -0.2) is 24.2 Å². The van der Waals surface area contributed by atoms with E-state index in [2.05, 4.69) is 10.6 Å². The van der Waals surface area contributed by atoms with Crippen molar-refractivity contribution in [2.75, 3.05) is 13.1 Å². The molecule has 0 unspecified atom stereocenters. The molecule has 0 aliphatic carbocycles. The lowest BCUT2D eigenvalue weighted by molar-refractivity contribution is -0.135. The van der Waals surface area contributed by atoms with Crippen molar-refractivity contribution in [3.05, 3.63) is 6.17 Å². The fourth-order valence-corrected chi connectivity index (χ4v) is 0.589. The highest BCUT2D eigenvalue weighted by Crippen LogP contribution is 1.92. The van der Waals surface area contributed by atoms with Gasteiger partial charge in [0.2, 0.25) is 6.17 Å². The molecule has 4 nitrogen and oxygen atoms in total. The molecule has 1 radical (unpaired) electrons. The molecule has 0 amide bonds. The van der Waals surface area contributed by atoms with Gasteiger partial charge in [0.1, 0.15) is 0 Å². The van der Waals surface area contributed by atoms with Crippen molar-refractivity contribution in [2.24, 2.45) is 0 Å². The van der Waals surface area contributed by atoms with E-state index in [-0.39, 0.29) is 6.17 Å². The van der Waals surface area contributed by atoms with Crippen LogP contribution >= 0.6 is 0 Å². The summed E-state index contributed by atoms with van der Waals surface area (Å²) in [5.41, 5.74) is 0. The number of hydrogen-bond donors (Lipinski definition) is 3. The average Bonchev–Trinajstić information content (AvgIpc) is 2.12. The summed E-state index contributed by atoms with van der Waals surface area (Å²) in [6.45, 7) is 1.42. The number of nitrogens with one attached hydrogen (secondary N) is 2. The van der Waals surface area contributed by atoms with E-state index in [9.17, 15) is 4.79 Å². The third kappa shape index (κ3) is 0.962. The lowest BCUT2D eigenvalue weighted by Gasteiger charge is -1.98. The molecule has 1 heterocycles. The maximum atomic E-state index is 10.0. The van der Waals surface area contributed by atoms with Crippen molar-refractivity contribution in [1.29, 1.82) is 0 Å². The summed E-state index contributed by atoms with van der Waals surface area (Å²) in [5, 5.41) is 13.6. The van der Waals surface area contributed by atoms with Crippen molar-refractivity contribution >= 4 is 5.97 Å². The Morgan fingerprint density at radius 2 is 2.00 bits per heavy atom. The minimum atomic E-state index is -0.914. The molecule has 1 saturated heterocycles. The predicted molar refractivity (Wildman–Crippen MR) is 26.9 cm³/mol. The Labute approximate surface area is 46.9 Å². The van der Waals surface area contributed by atoms with Gasteiger partial charge in [-0.2, -0.15) is 0 Å². The first kappa shape index (κ1) is 5.53. The molecule has 0 saturated carbocycles. The largest absolute Gasteiger partial charge is 0.479 e. The van der Waals surface area contributed by atoms with Crippen LogP contribution in [0.4, 0.5) is 0 Å². The summed E-state index contributed by atoms with van der Waals surface area (Å²) >= 11 is 0. The molecular formula is C4H7N2O2. The second-order valence-corrected chi connectivity index (χ2v) is 1.53. The molecule has 8 heavy (non-hydrogen) atoms. The number of hydrogen-bond acceptors (Lipinski definition) is 3. The molecule has 1 aliphatic heterocycles. The molecular weight excluding hydrogens is 108 g/mol. The molecule has 3 N–H and O–H groups in total. The fourth-order valence-electron chi connectivity index (χ4n) is 0.589. The lowest BCUT2D eigenvalue weighted by atomic mass is 10.5. The van der Waals surface area contributed by atoms with Gasteiger partial charge in [0, 0.05) is 13.1 Å². The predicted octanol–water partition coefficient (Wildman–Crippen LogP) is -1.25. The molecule has 1 aliphatic rings. The van der Waals surface area contributed by atoms with Crippen LogP contribution in [0, 0.1) is 6.17 Å². The molecule has 0 spiro atoms. The molecule has 1 fully saturated rings. The van der Waals surface area contributed by atoms with E-state index >= 15 is 0 Å². The minimum Gasteiger partial charge on any atom is -0.479 e. The van der Waals surface area contributed by atoms with Crippen molar-refractivity contribution in [2.45, 2.75) is 0 Å². The SMILES string of the molecule is O=C(O)[C]1NCCN1. The summed E-state index contributed by atoms with van der Waals surface area (Å²) in [6, 6.07) is 0. The van der Waals surface area contributed by atoms with Gasteiger partial charge in [0.05, 0.1) is 0 Å². The van der Waals surface area contributed by atoms with Gasteiger partial charge in [-0.1, -0.05) is 0 Å². The van der Waals surface area contributed by atoms with E-state index in [1.807, 2.05) is 0 Å². The van der Waals surface area contributed by atoms with E-state index in [0.717, 1.165) is 0 Å². The highest BCUT2D eigenvalue weighted by Gasteiger charge is 2.21. The maximum absolute atomic E-state index is 10.0. The van der Waals surface area contributed by atoms with Crippen molar-refractivity contribution < 1.29 is 9.90 Å². The Kier molecular flexibility index (Phi) is 1.45. The quantitative estimate of drug-likeness (QED) is 0.399. The normalized spacial score (nSPS) is 21.5. The van der Waals surface area contributed by atoms with Crippen LogP contribution < -0.4 is 10.6 Å². The van der Waals surface area contributed by atoms with Gasteiger partial charge < -0.3 is 5.11 Å². The Morgan fingerprint density at radius 3 is 2.25 bits per heavy atom. The molecule has 4 heteroatoms. The Morgan fingerprint density at radius 1 is 1.50 bits per heavy atom. The van der Waals surface area contributed by atoms with Crippen LogP contribution in [0.25, 0.3) is 0 Å². The van der Waals surface area contributed by atoms with E-state index in [0.29, 0.717) is 13.1 Å². The lowest BCUT2D eigenvalue weighted by Crippen LogP contribution is -2.29. The van der Waals surface area contributed by atoms with Gasteiger partial charge in [-0.3, -0.25) is 10.6 Å². The monoisotopic (exact) mass is 115 g/mol. The molecule has 0 aromatic carbocycles. The summed E-state index contributed by atoms with van der Waals surface area (Å²) in [7, 11) is 0. The molecule has 0 bridgehead atoms. The van der Waals surface area contributed by atoms with Crippen LogP contribution in [0.2, 0.25) is 0 Å². The third-order valence-corrected chi connectivity index (χ3v) is 0.942. The first-order valence-electron chi connectivity index (χ1n) is 2.38. The van der Waals surface area contributed by atoms with E-state index in [1.165, 1.54) is 0 Å². The summed E-state index contributed by atoms with van der Waals surface area (Å²) in [6.07, 6.45) is 0.213. The molecule has 45 valence electrons. The fraction of sp³-hybridized carbons (Fsp3) is 0.500. The van der Waals surface area contributed by atoms with Gasteiger partial charge in [-0.05, 0) is 0 Å². The van der Waals surface area contributed by atoms with Crippen LogP contribution in [0.5, 0.6) is 0 Å². The summed E-state index contributed by atoms with van der Waals surface area (Å²) < 4.78 is 0. The van der Waals surface area contributed by atoms with Gasteiger partial charge >= 0.3 is 5.97 Å². The van der Waals surface area contributed by atoms with Crippen LogP contribution in [0.1, 0.15) is 0 Å². The Hall–Kier alpha value is -0.610. The topological polar surface area (TPSA) is 61.4 Å². The van der Waals surface area contributed by atoms with Gasteiger partial charge in [0.15, 0.2) is 0 Å². The zero-order chi connectivity index (χ0) is 5.98. The van der Waals surface area contributed by atoms with Gasteiger partial charge in [-0.15, -0.1) is 0 Å². The van der Waals surface area contributed by atoms with E-state index in [1.54, 1.807) is 0 Å². The second kappa shape index (κ2) is 2.11. The smallest absolute Gasteiger partial charge is 0.343 e. The molecule has 0 aromatic rings. The summed E-state index contributed by atoms with van der Waals surface area (Å²) in [4.78, 5) is 10.0. The zero-order valence-electron chi connectivity index (χ0n) is 4.27. The highest BCUT2D eigenvalue weighted by atomic mass is 16.4. The van der Waals surface area contributed by atoms with Crippen LogP contribution in [0.15, 0.2) is 0 Å². The summed E-state index contributed by atoms with van der Waals surface area (Å²) in [5.74, 6) is -0.914. The number of carboxylic acids is 1. The molecule has 0 atom stereocenters. The standard InChI is InChI=1S/C4H7N2O2/c7-4(8)3-5-1-2-6-3/h5-6H,1-2H2,(H,7,8). The number of rotatable bonds is 1.